The number of hydrogen-bond acceptors (Lipinski definition) is 3. The number of nitrogens with zero attached hydrogens (tertiary/aromatic N) is 1. The van der Waals surface area contributed by atoms with E-state index in [-0.39, 0.29) is 24.4 Å². The number of rotatable bonds is 5. The summed E-state index contributed by atoms with van der Waals surface area (Å²) in [6.45, 7) is 1.42. The van der Waals surface area contributed by atoms with Crippen molar-refractivity contribution in [2.45, 2.75) is 19.4 Å². The summed E-state index contributed by atoms with van der Waals surface area (Å²) in [5.74, 6) is 0.295. The largest absolute Gasteiger partial charge is 0.427 e. The molecule has 3 rings (SSSR count). The van der Waals surface area contributed by atoms with Gasteiger partial charge in [-0.1, -0.05) is 54.6 Å². The summed E-state index contributed by atoms with van der Waals surface area (Å²) in [5.41, 5.74) is 2.42. The summed E-state index contributed by atoms with van der Waals surface area (Å²) < 4.78 is 5.24. The summed E-state index contributed by atoms with van der Waals surface area (Å²) in [4.78, 5) is 13.4. The molecule has 0 saturated heterocycles. The van der Waals surface area contributed by atoms with Gasteiger partial charge in [0.05, 0.1) is 0 Å². The smallest absolute Gasteiger partial charge is 0.308 e. The fraction of sp³-hybridized carbons (Fsp3) is 0.227. The van der Waals surface area contributed by atoms with E-state index in [1.54, 1.807) is 0 Å². The van der Waals surface area contributed by atoms with E-state index in [0.717, 1.165) is 12.0 Å². The van der Waals surface area contributed by atoms with E-state index in [9.17, 15) is 4.79 Å². The lowest BCUT2D eigenvalue weighted by Crippen LogP contribution is -2.22. The first-order chi connectivity index (χ1) is 12.0. The van der Waals surface area contributed by atoms with Crippen molar-refractivity contribution in [1.82, 2.24) is 4.90 Å². The number of carbonyl (C=O) groups excluding carboxylic acids is 1. The molecule has 0 fully saturated rings. The van der Waals surface area contributed by atoms with Crippen LogP contribution in [0.15, 0.2) is 66.7 Å². The van der Waals surface area contributed by atoms with Gasteiger partial charge in [0, 0.05) is 13.0 Å². The molecule has 0 aliphatic carbocycles. The van der Waals surface area contributed by atoms with Crippen molar-refractivity contribution in [1.29, 1.82) is 0 Å². The van der Waals surface area contributed by atoms with Gasteiger partial charge in [-0.25, -0.2) is 0 Å². The lowest BCUT2D eigenvalue weighted by Gasteiger charge is -2.25. The Balaban J connectivity index is 0.00000243. The Kier molecular flexibility index (Phi) is 6.78. The summed E-state index contributed by atoms with van der Waals surface area (Å²) in [5, 5.41) is 2.51. The van der Waals surface area contributed by atoms with Crippen molar-refractivity contribution in [2.24, 2.45) is 0 Å². The van der Waals surface area contributed by atoms with Crippen molar-refractivity contribution in [2.75, 3.05) is 14.1 Å². The third kappa shape index (κ3) is 4.84. The second kappa shape index (κ2) is 8.84. The van der Waals surface area contributed by atoms with Crippen molar-refractivity contribution in [3.63, 3.8) is 0 Å². The average Bonchev–Trinajstić information content (AvgIpc) is 2.59. The van der Waals surface area contributed by atoms with E-state index in [2.05, 4.69) is 67.5 Å². The van der Waals surface area contributed by atoms with E-state index in [1.165, 1.54) is 23.3 Å². The molecule has 0 radical (unpaired) electrons. The van der Waals surface area contributed by atoms with Crippen molar-refractivity contribution in [3.8, 4) is 5.75 Å². The Morgan fingerprint density at radius 3 is 2.38 bits per heavy atom. The monoisotopic (exact) mass is 369 g/mol. The maximum Gasteiger partial charge on any atom is 0.308 e. The normalized spacial score (nSPS) is 11.8. The lowest BCUT2D eigenvalue weighted by molar-refractivity contribution is -0.131. The summed E-state index contributed by atoms with van der Waals surface area (Å²) >= 11 is 0. The molecule has 3 nitrogen and oxygen atoms in total. The van der Waals surface area contributed by atoms with Crippen LogP contribution >= 0.6 is 12.4 Å². The number of halogens is 1. The number of benzene rings is 3. The minimum Gasteiger partial charge on any atom is -0.427 e. The highest BCUT2D eigenvalue weighted by atomic mass is 35.5. The molecule has 0 amide bonds. The van der Waals surface area contributed by atoms with Gasteiger partial charge in [-0.15, -0.1) is 12.4 Å². The summed E-state index contributed by atoms with van der Waals surface area (Å²) in [6, 6.07) is 23.0. The third-order valence-corrected chi connectivity index (χ3v) is 4.37. The average molecular weight is 370 g/mol. The Bertz CT molecular complexity index is 892. The topological polar surface area (TPSA) is 29.5 Å². The standard InChI is InChI=1S/C22H23NO2.ClH/c1-16(24)25-21-10-6-9-20(15-21)22(23(2)3)14-17-11-12-18-7-4-5-8-19(18)13-17;/h4-13,15,22H,14H2,1-3H3;1H/t22-;/m0./s1. The molecule has 0 heterocycles. The molecule has 3 aromatic carbocycles. The van der Waals surface area contributed by atoms with Crippen LogP contribution in [0.2, 0.25) is 0 Å². The van der Waals surface area contributed by atoms with Crippen LogP contribution in [-0.2, 0) is 11.2 Å². The molecule has 0 unspecified atom stereocenters. The fourth-order valence-electron chi connectivity index (χ4n) is 3.14. The fourth-order valence-corrected chi connectivity index (χ4v) is 3.14. The van der Waals surface area contributed by atoms with Gasteiger partial charge < -0.3 is 9.64 Å². The summed E-state index contributed by atoms with van der Waals surface area (Å²) in [7, 11) is 4.15. The van der Waals surface area contributed by atoms with Crippen LogP contribution in [0.25, 0.3) is 10.8 Å². The van der Waals surface area contributed by atoms with Crippen LogP contribution in [0.3, 0.4) is 0 Å². The second-order valence-corrected chi connectivity index (χ2v) is 6.53. The maximum absolute atomic E-state index is 11.2. The molecule has 0 saturated carbocycles. The van der Waals surface area contributed by atoms with Crippen LogP contribution in [-0.4, -0.2) is 25.0 Å². The maximum atomic E-state index is 11.2. The van der Waals surface area contributed by atoms with Crippen LogP contribution in [0.5, 0.6) is 5.75 Å². The molecule has 4 heteroatoms. The van der Waals surface area contributed by atoms with Crippen molar-refractivity contribution in [3.05, 3.63) is 77.9 Å². The van der Waals surface area contributed by atoms with Crippen LogP contribution in [0.4, 0.5) is 0 Å². The summed E-state index contributed by atoms with van der Waals surface area (Å²) in [6.07, 6.45) is 0.890. The number of fused-ring (bicyclic) bond motifs is 1. The third-order valence-electron chi connectivity index (χ3n) is 4.37. The zero-order valence-corrected chi connectivity index (χ0v) is 16.1. The first-order valence-electron chi connectivity index (χ1n) is 8.45. The first-order valence-corrected chi connectivity index (χ1v) is 8.45. The predicted octanol–water partition coefficient (Wildman–Crippen LogP) is 5.03. The molecule has 0 spiro atoms. The number of esters is 1. The minimum atomic E-state index is -0.298. The van der Waals surface area contributed by atoms with Gasteiger partial charge in [0.1, 0.15) is 5.75 Å². The molecule has 0 aromatic heterocycles. The van der Waals surface area contributed by atoms with Gasteiger partial charge in [-0.2, -0.15) is 0 Å². The highest BCUT2D eigenvalue weighted by molar-refractivity contribution is 5.85. The quantitative estimate of drug-likeness (QED) is 0.466. The van der Waals surface area contributed by atoms with Gasteiger partial charge >= 0.3 is 5.97 Å². The number of likely N-dealkylation sites (N-methyl/N-ethyl adjacent to an activating group) is 1. The van der Waals surface area contributed by atoms with E-state index in [4.69, 9.17) is 4.74 Å². The molecule has 26 heavy (non-hydrogen) atoms. The van der Waals surface area contributed by atoms with E-state index in [0.29, 0.717) is 5.75 Å². The molecule has 0 aliphatic rings. The highest BCUT2D eigenvalue weighted by Crippen LogP contribution is 2.27. The Hall–Kier alpha value is -2.36. The Labute approximate surface area is 161 Å². The van der Waals surface area contributed by atoms with Crippen molar-refractivity contribution >= 4 is 29.1 Å². The molecular formula is C22H24ClNO2. The SMILES string of the molecule is CC(=O)Oc1cccc([C@H](Cc2ccc3ccccc3c2)N(C)C)c1.Cl. The van der Waals surface area contributed by atoms with Gasteiger partial charge in [-0.05, 0) is 54.5 Å². The second-order valence-electron chi connectivity index (χ2n) is 6.53. The van der Waals surface area contributed by atoms with Gasteiger partial charge in [0.2, 0.25) is 0 Å². The Morgan fingerprint density at radius 2 is 1.69 bits per heavy atom. The highest BCUT2D eigenvalue weighted by Gasteiger charge is 2.16. The minimum absolute atomic E-state index is 0. The molecule has 136 valence electrons. The van der Waals surface area contributed by atoms with Gasteiger partial charge in [0.15, 0.2) is 0 Å². The molecule has 1 atom stereocenters. The zero-order chi connectivity index (χ0) is 17.8. The van der Waals surface area contributed by atoms with E-state index in [1.807, 2.05) is 18.2 Å². The Morgan fingerprint density at radius 1 is 0.962 bits per heavy atom. The van der Waals surface area contributed by atoms with E-state index >= 15 is 0 Å². The van der Waals surface area contributed by atoms with E-state index < -0.39 is 0 Å². The molecule has 0 aliphatic heterocycles. The zero-order valence-electron chi connectivity index (χ0n) is 15.3. The molecular weight excluding hydrogens is 346 g/mol. The number of hydrogen-bond donors (Lipinski definition) is 0. The molecule has 0 N–H and O–H groups in total. The predicted molar refractivity (Wildman–Crippen MR) is 109 cm³/mol. The number of carbonyl (C=O) groups is 1. The van der Waals surface area contributed by atoms with Crippen molar-refractivity contribution < 1.29 is 9.53 Å². The van der Waals surface area contributed by atoms with Crippen LogP contribution in [0.1, 0.15) is 24.1 Å². The molecule has 0 bridgehead atoms. The van der Waals surface area contributed by atoms with Crippen LogP contribution < -0.4 is 4.74 Å². The lowest BCUT2D eigenvalue weighted by atomic mass is 9.96. The number of ether oxygens (including phenoxy) is 1. The van der Waals surface area contributed by atoms with Gasteiger partial charge in [0.25, 0.3) is 0 Å². The first kappa shape index (κ1) is 20.0. The van der Waals surface area contributed by atoms with Crippen LogP contribution in [0, 0.1) is 0 Å². The molecule has 3 aromatic rings. The van der Waals surface area contributed by atoms with Gasteiger partial charge in [-0.3, -0.25) is 4.79 Å².